The number of aryl methyl sites for hydroxylation is 3. The summed E-state index contributed by atoms with van der Waals surface area (Å²) >= 11 is 0. The molecule has 1 amide bonds. The minimum absolute atomic E-state index is 0.248. The Labute approximate surface area is 140 Å². The summed E-state index contributed by atoms with van der Waals surface area (Å²) in [6.07, 6.45) is 0. The molecular formula is C18H20N2O4. The quantitative estimate of drug-likeness (QED) is 0.938. The van der Waals surface area contributed by atoms with E-state index in [2.05, 4.69) is 10.3 Å². The highest BCUT2D eigenvalue weighted by molar-refractivity contribution is 6.05. The molecule has 3 rings (SSSR count). The molecule has 0 bridgehead atoms. The van der Waals surface area contributed by atoms with Gasteiger partial charge in [0.25, 0.3) is 5.91 Å². The van der Waals surface area contributed by atoms with Crippen molar-refractivity contribution in [2.45, 2.75) is 20.8 Å². The summed E-state index contributed by atoms with van der Waals surface area (Å²) in [6.45, 7) is 6.66. The topological polar surface area (TPSA) is 69.7 Å². The van der Waals surface area contributed by atoms with Crippen LogP contribution in [0.2, 0.25) is 0 Å². The highest BCUT2D eigenvalue weighted by Gasteiger charge is 2.21. The summed E-state index contributed by atoms with van der Waals surface area (Å²) in [6, 6.07) is 5.25. The van der Waals surface area contributed by atoms with Gasteiger partial charge in [0.05, 0.1) is 18.5 Å². The molecular weight excluding hydrogens is 308 g/mol. The van der Waals surface area contributed by atoms with Crippen molar-refractivity contribution in [3.05, 3.63) is 40.7 Å². The molecule has 126 valence electrons. The number of nitrogens with zero attached hydrogens (tertiary/aromatic N) is 1. The molecule has 2 heterocycles. The largest absolute Gasteiger partial charge is 0.493 e. The van der Waals surface area contributed by atoms with Crippen LogP contribution in [-0.4, -0.2) is 31.2 Å². The number of rotatable bonds is 3. The van der Waals surface area contributed by atoms with Gasteiger partial charge in [-0.1, -0.05) is 0 Å². The van der Waals surface area contributed by atoms with Gasteiger partial charge in [-0.2, -0.15) is 0 Å². The molecule has 0 saturated carbocycles. The van der Waals surface area contributed by atoms with Crippen LogP contribution in [-0.2, 0) is 0 Å². The Balaban J connectivity index is 1.93. The Bertz CT molecular complexity index is 762. The Hall–Kier alpha value is -2.76. The average Bonchev–Trinajstić information content (AvgIpc) is 2.56. The molecule has 1 N–H and O–H groups in total. The van der Waals surface area contributed by atoms with Crippen LogP contribution in [0.15, 0.2) is 18.2 Å². The number of carbonyl (C=O) groups excluding carboxylic acids is 1. The first-order chi connectivity index (χ1) is 11.5. The Kier molecular flexibility index (Phi) is 4.29. The molecule has 0 aliphatic carbocycles. The van der Waals surface area contributed by atoms with Crippen LogP contribution in [0.5, 0.6) is 17.2 Å². The maximum absolute atomic E-state index is 12.7. The summed E-state index contributed by atoms with van der Waals surface area (Å²) in [4.78, 5) is 17.1. The lowest BCUT2D eigenvalue weighted by Gasteiger charge is -2.21. The second-order valence-corrected chi connectivity index (χ2v) is 5.70. The maximum atomic E-state index is 12.7. The number of nitrogens with one attached hydrogen (secondary N) is 1. The molecule has 0 saturated heterocycles. The Morgan fingerprint density at radius 2 is 1.92 bits per heavy atom. The molecule has 0 unspecified atom stereocenters. The number of fused-ring (bicyclic) bond motifs is 1. The fraction of sp³-hybridized carbons (Fsp3) is 0.333. The lowest BCUT2D eigenvalue weighted by molar-refractivity contribution is 0.102. The highest BCUT2D eigenvalue weighted by atomic mass is 16.6. The van der Waals surface area contributed by atoms with E-state index in [0.717, 1.165) is 22.6 Å². The molecule has 0 radical (unpaired) electrons. The van der Waals surface area contributed by atoms with Gasteiger partial charge in [0.1, 0.15) is 13.2 Å². The number of methoxy groups -OCH3 is 1. The zero-order valence-corrected chi connectivity index (χ0v) is 14.2. The van der Waals surface area contributed by atoms with Crippen molar-refractivity contribution >= 4 is 11.6 Å². The van der Waals surface area contributed by atoms with E-state index < -0.39 is 0 Å². The predicted molar refractivity (Wildman–Crippen MR) is 90.4 cm³/mol. The Morgan fingerprint density at radius 3 is 2.62 bits per heavy atom. The van der Waals surface area contributed by atoms with Crippen LogP contribution in [0, 0.1) is 20.8 Å². The lowest BCUT2D eigenvalue weighted by atomic mass is 10.1. The van der Waals surface area contributed by atoms with Crippen molar-refractivity contribution in [1.29, 1.82) is 0 Å². The molecule has 0 fully saturated rings. The van der Waals surface area contributed by atoms with Crippen LogP contribution in [0.4, 0.5) is 5.69 Å². The number of pyridine rings is 1. The predicted octanol–water partition coefficient (Wildman–Crippen LogP) is 3.04. The Morgan fingerprint density at radius 1 is 1.17 bits per heavy atom. The normalized spacial score (nSPS) is 12.7. The molecule has 24 heavy (non-hydrogen) atoms. The average molecular weight is 328 g/mol. The van der Waals surface area contributed by atoms with Crippen molar-refractivity contribution in [2.24, 2.45) is 0 Å². The lowest BCUT2D eigenvalue weighted by Crippen LogP contribution is -2.18. The van der Waals surface area contributed by atoms with Crippen LogP contribution in [0.3, 0.4) is 0 Å². The first kappa shape index (κ1) is 16.1. The van der Waals surface area contributed by atoms with Crippen molar-refractivity contribution in [3.63, 3.8) is 0 Å². The number of hydrogen-bond acceptors (Lipinski definition) is 5. The molecule has 6 nitrogen and oxygen atoms in total. The zero-order valence-electron chi connectivity index (χ0n) is 14.2. The molecule has 1 aromatic heterocycles. The molecule has 2 aromatic rings. The number of hydrogen-bond donors (Lipinski definition) is 1. The minimum Gasteiger partial charge on any atom is -0.493 e. The fourth-order valence-corrected chi connectivity index (χ4v) is 2.80. The summed E-state index contributed by atoms with van der Waals surface area (Å²) < 4.78 is 16.5. The van der Waals surface area contributed by atoms with E-state index in [1.54, 1.807) is 12.1 Å². The molecule has 0 atom stereocenters. The van der Waals surface area contributed by atoms with Gasteiger partial charge in [0, 0.05) is 11.3 Å². The summed E-state index contributed by atoms with van der Waals surface area (Å²) in [5, 5.41) is 2.93. The van der Waals surface area contributed by atoms with E-state index in [1.165, 1.54) is 7.11 Å². The van der Waals surface area contributed by atoms with E-state index in [-0.39, 0.29) is 5.91 Å². The van der Waals surface area contributed by atoms with E-state index in [1.807, 2.05) is 26.8 Å². The van der Waals surface area contributed by atoms with Gasteiger partial charge in [-0.25, -0.2) is 0 Å². The third kappa shape index (κ3) is 2.99. The molecule has 6 heteroatoms. The van der Waals surface area contributed by atoms with Gasteiger partial charge in [-0.15, -0.1) is 0 Å². The minimum atomic E-state index is -0.248. The second kappa shape index (κ2) is 6.39. The molecule has 0 spiro atoms. The van der Waals surface area contributed by atoms with Crippen LogP contribution < -0.4 is 19.5 Å². The molecule has 1 aliphatic rings. The SMILES string of the molecule is COc1cc(C(=O)Nc2c(C)cc(C)nc2C)cc2c1OCCO2. The van der Waals surface area contributed by atoms with Crippen LogP contribution in [0.25, 0.3) is 0 Å². The van der Waals surface area contributed by atoms with Gasteiger partial charge in [-0.3, -0.25) is 9.78 Å². The number of ether oxygens (including phenoxy) is 3. The van der Waals surface area contributed by atoms with Gasteiger partial charge < -0.3 is 19.5 Å². The summed E-state index contributed by atoms with van der Waals surface area (Å²) in [5.74, 6) is 1.28. The zero-order chi connectivity index (χ0) is 17.3. The summed E-state index contributed by atoms with van der Waals surface area (Å²) in [7, 11) is 1.54. The maximum Gasteiger partial charge on any atom is 0.255 e. The molecule has 1 aromatic carbocycles. The number of carbonyl (C=O) groups is 1. The van der Waals surface area contributed by atoms with Crippen molar-refractivity contribution < 1.29 is 19.0 Å². The van der Waals surface area contributed by atoms with Gasteiger partial charge in [0.15, 0.2) is 11.5 Å². The monoisotopic (exact) mass is 328 g/mol. The highest BCUT2D eigenvalue weighted by Crippen LogP contribution is 2.40. The number of amides is 1. The van der Waals surface area contributed by atoms with Crippen molar-refractivity contribution in [3.8, 4) is 17.2 Å². The van der Waals surface area contributed by atoms with Crippen molar-refractivity contribution in [2.75, 3.05) is 25.6 Å². The van der Waals surface area contributed by atoms with Crippen LogP contribution in [0.1, 0.15) is 27.3 Å². The molecule has 1 aliphatic heterocycles. The third-order valence-electron chi connectivity index (χ3n) is 3.85. The third-order valence-corrected chi connectivity index (χ3v) is 3.85. The first-order valence-corrected chi connectivity index (χ1v) is 7.73. The van der Waals surface area contributed by atoms with E-state index in [9.17, 15) is 4.79 Å². The number of benzene rings is 1. The van der Waals surface area contributed by atoms with Gasteiger partial charge in [-0.05, 0) is 44.5 Å². The standard InChI is InChI=1S/C18H20N2O4/c1-10-7-11(2)19-12(3)16(10)20-18(21)13-8-14(22-4)17-15(9-13)23-5-6-24-17/h7-9H,5-6H2,1-4H3,(H,20,21). The van der Waals surface area contributed by atoms with Gasteiger partial charge in [0.2, 0.25) is 5.75 Å². The second-order valence-electron chi connectivity index (χ2n) is 5.70. The van der Waals surface area contributed by atoms with E-state index in [0.29, 0.717) is 36.0 Å². The van der Waals surface area contributed by atoms with Crippen LogP contribution >= 0.6 is 0 Å². The number of anilines is 1. The smallest absolute Gasteiger partial charge is 0.255 e. The van der Waals surface area contributed by atoms with Crippen molar-refractivity contribution in [1.82, 2.24) is 4.98 Å². The first-order valence-electron chi connectivity index (χ1n) is 7.73. The fourth-order valence-electron chi connectivity index (χ4n) is 2.80. The number of aromatic nitrogens is 1. The van der Waals surface area contributed by atoms with E-state index in [4.69, 9.17) is 14.2 Å². The summed E-state index contributed by atoms with van der Waals surface area (Å²) in [5.41, 5.74) is 3.84. The van der Waals surface area contributed by atoms with E-state index >= 15 is 0 Å². The van der Waals surface area contributed by atoms with Gasteiger partial charge >= 0.3 is 0 Å².